The SMILES string of the molecule is Cc1nn(-c2ccccc2C(F)(F)F)nc1CBr. The zero-order chi connectivity index (χ0) is 13.3. The molecule has 1 heterocycles. The molecule has 0 saturated carbocycles. The second-order valence-electron chi connectivity index (χ2n) is 3.67. The number of aryl methyl sites for hydroxylation is 1. The van der Waals surface area contributed by atoms with Crippen molar-refractivity contribution in [3.05, 3.63) is 41.2 Å². The van der Waals surface area contributed by atoms with Gasteiger partial charge in [-0.15, -0.1) is 0 Å². The Labute approximate surface area is 110 Å². The van der Waals surface area contributed by atoms with Gasteiger partial charge in [-0.05, 0) is 19.1 Å². The fourth-order valence-corrected chi connectivity index (χ4v) is 2.05. The van der Waals surface area contributed by atoms with Gasteiger partial charge in [-0.1, -0.05) is 28.1 Å². The second-order valence-corrected chi connectivity index (χ2v) is 4.23. The van der Waals surface area contributed by atoms with Gasteiger partial charge in [0.05, 0.1) is 22.6 Å². The molecule has 0 atom stereocenters. The summed E-state index contributed by atoms with van der Waals surface area (Å²) in [7, 11) is 0. The van der Waals surface area contributed by atoms with Crippen LogP contribution in [-0.2, 0) is 11.5 Å². The third kappa shape index (κ3) is 2.40. The first kappa shape index (κ1) is 13.1. The summed E-state index contributed by atoms with van der Waals surface area (Å²) in [5.74, 6) is 0. The van der Waals surface area contributed by atoms with E-state index in [0.29, 0.717) is 16.7 Å². The molecule has 1 aromatic carbocycles. The molecule has 0 spiro atoms. The summed E-state index contributed by atoms with van der Waals surface area (Å²) in [6.45, 7) is 1.70. The van der Waals surface area contributed by atoms with Crippen molar-refractivity contribution < 1.29 is 13.2 Å². The van der Waals surface area contributed by atoms with Gasteiger partial charge >= 0.3 is 6.18 Å². The van der Waals surface area contributed by atoms with Gasteiger partial charge in [0.15, 0.2) is 0 Å². The number of benzene rings is 1. The number of nitrogens with zero attached hydrogens (tertiary/aromatic N) is 3. The maximum Gasteiger partial charge on any atom is 0.418 e. The van der Waals surface area contributed by atoms with Crippen LogP contribution in [-0.4, -0.2) is 15.0 Å². The zero-order valence-corrected chi connectivity index (χ0v) is 11.0. The van der Waals surface area contributed by atoms with Gasteiger partial charge in [-0.2, -0.15) is 28.2 Å². The Kier molecular flexibility index (Phi) is 3.43. The minimum absolute atomic E-state index is 0.0692. The number of aromatic nitrogens is 3. The molecule has 0 aliphatic heterocycles. The van der Waals surface area contributed by atoms with Gasteiger partial charge in [0.25, 0.3) is 0 Å². The standard InChI is InChI=1S/C11H9BrF3N3/c1-7-9(6-12)17-18(16-7)10-5-3-2-4-8(10)11(13,14)15/h2-5H,6H2,1H3. The molecule has 96 valence electrons. The summed E-state index contributed by atoms with van der Waals surface area (Å²) >= 11 is 3.21. The molecule has 0 bridgehead atoms. The molecule has 0 aliphatic carbocycles. The lowest BCUT2D eigenvalue weighted by atomic mass is 10.2. The Hall–Kier alpha value is -1.37. The summed E-state index contributed by atoms with van der Waals surface area (Å²) < 4.78 is 38.5. The van der Waals surface area contributed by atoms with Crippen LogP contribution in [0.1, 0.15) is 17.0 Å². The highest BCUT2D eigenvalue weighted by molar-refractivity contribution is 9.08. The molecule has 2 aromatic rings. The normalized spacial score (nSPS) is 11.8. The number of para-hydroxylation sites is 1. The summed E-state index contributed by atoms with van der Waals surface area (Å²) in [5.41, 5.74) is 0.400. The van der Waals surface area contributed by atoms with Crippen molar-refractivity contribution >= 4 is 15.9 Å². The van der Waals surface area contributed by atoms with Gasteiger partial charge in [0, 0.05) is 5.33 Å². The lowest BCUT2D eigenvalue weighted by Gasteiger charge is -2.11. The second kappa shape index (κ2) is 4.72. The van der Waals surface area contributed by atoms with Gasteiger partial charge in [-0.3, -0.25) is 0 Å². The van der Waals surface area contributed by atoms with Crippen molar-refractivity contribution in [2.24, 2.45) is 0 Å². The van der Waals surface area contributed by atoms with Crippen LogP contribution in [0.4, 0.5) is 13.2 Å². The highest BCUT2D eigenvalue weighted by atomic mass is 79.9. The molecule has 7 heteroatoms. The van der Waals surface area contributed by atoms with E-state index in [9.17, 15) is 13.2 Å². The molecule has 0 amide bonds. The number of rotatable bonds is 2. The van der Waals surface area contributed by atoms with Gasteiger partial charge in [-0.25, -0.2) is 0 Å². The Morgan fingerprint density at radius 1 is 1.22 bits per heavy atom. The van der Waals surface area contributed by atoms with E-state index in [0.717, 1.165) is 10.9 Å². The summed E-state index contributed by atoms with van der Waals surface area (Å²) in [6.07, 6.45) is -4.42. The van der Waals surface area contributed by atoms with E-state index in [1.165, 1.54) is 18.2 Å². The molecule has 0 aliphatic rings. The molecule has 0 saturated heterocycles. The third-order valence-electron chi connectivity index (χ3n) is 2.43. The van der Waals surface area contributed by atoms with Crippen LogP contribution in [0.25, 0.3) is 5.69 Å². The summed E-state index contributed by atoms with van der Waals surface area (Å²) in [4.78, 5) is 1.02. The predicted octanol–water partition coefficient (Wildman–Crippen LogP) is 3.49. The molecule has 0 unspecified atom stereocenters. The van der Waals surface area contributed by atoms with E-state index in [1.54, 1.807) is 6.92 Å². The molecular formula is C11H9BrF3N3. The fraction of sp³-hybridized carbons (Fsp3) is 0.273. The number of halogens is 4. The van der Waals surface area contributed by atoms with E-state index in [-0.39, 0.29) is 5.69 Å². The Balaban J connectivity index is 2.57. The summed E-state index contributed by atoms with van der Waals surface area (Å²) in [5, 5.41) is 8.48. The molecule has 2 rings (SSSR count). The van der Waals surface area contributed by atoms with Crippen LogP contribution in [0.2, 0.25) is 0 Å². The Morgan fingerprint density at radius 3 is 2.44 bits per heavy atom. The molecule has 3 nitrogen and oxygen atoms in total. The van der Waals surface area contributed by atoms with Crippen molar-refractivity contribution in [2.45, 2.75) is 18.4 Å². The van der Waals surface area contributed by atoms with Crippen molar-refractivity contribution in [1.82, 2.24) is 15.0 Å². The van der Waals surface area contributed by atoms with Crippen LogP contribution < -0.4 is 0 Å². The first-order chi connectivity index (χ1) is 8.43. The molecule has 18 heavy (non-hydrogen) atoms. The largest absolute Gasteiger partial charge is 0.418 e. The van der Waals surface area contributed by atoms with Crippen LogP contribution in [0, 0.1) is 6.92 Å². The smallest absolute Gasteiger partial charge is 0.166 e. The van der Waals surface area contributed by atoms with E-state index >= 15 is 0 Å². The minimum Gasteiger partial charge on any atom is -0.166 e. The van der Waals surface area contributed by atoms with Crippen molar-refractivity contribution in [2.75, 3.05) is 0 Å². The highest BCUT2D eigenvalue weighted by Gasteiger charge is 2.34. The van der Waals surface area contributed by atoms with Gasteiger partial charge in [0.1, 0.15) is 0 Å². The van der Waals surface area contributed by atoms with E-state index in [1.807, 2.05) is 0 Å². The van der Waals surface area contributed by atoms with E-state index in [2.05, 4.69) is 26.1 Å². The van der Waals surface area contributed by atoms with Crippen LogP contribution in [0.5, 0.6) is 0 Å². The van der Waals surface area contributed by atoms with Crippen molar-refractivity contribution in [3.63, 3.8) is 0 Å². The molecule has 0 radical (unpaired) electrons. The maximum atomic E-state index is 12.8. The van der Waals surface area contributed by atoms with Crippen LogP contribution in [0.3, 0.4) is 0 Å². The topological polar surface area (TPSA) is 30.7 Å². The monoisotopic (exact) mass is 319 g/mol. The quantitative estimate of drug-likeness (QED) is 0.793. The average Bonchev–Trinajstić information content (AvgIpc) is 2.69. The minimum atomic E-state index is -4.42. The van der Waals surface area contributed by atoms with Gasteiger partial charge in [0.2, 0.25) is 0 Å². The maximum absolute atomic E-state index is 12.8. The summed E-state index contributed by atoms with van der Waals surface area (Å²) in [6, 6.07) is 5.23. The first-order valence-corrected chi connectivity index (χ1v) is 6.21. The lowest BCUT2D eigenvalue weighted by molar-refractivity contribution is -0.137. The Bertz CT molecular complexity index is 563. The highest BCUT2D eigenvalue weighted by Crippen LogP contribution is 2.33. The van der Waals surface area contributed by atoms with Crippen LogP contribution in [0.15, 0.2) is 24.3 Å². The molecule has 0 N–H and O–H groups in total. The number of hydrogen-bond acceptors (Lipinski definition) is 2. The predicted molar refractivity (Wildman–Crippen MR) is 63.7 cm³/mol. The molecule has 1 aromatic heterocycles. The zero-order valence-electron chi connectivity index (χ0n) is 9.37. The van der Waals surface area contributed by atoms with E-state index in [4.69, 9.17) is 0 Å². The average molecular weight is 320 g/mol. The number of hydrogen-bond donors (Lipinski definition) is 0. The third-order valence-corrected chi connectivity index (χ3v) is 2.96. The van der Waals surface area contributed by atoms with Crippen molar-refractivity contribution in [1.29, 1.82) is 0 Å². The first-order valence-electron chi connectivity index (χ1n) is 5.09. The van der Waals surface area contributed by atoms with Crippen molar-refractivity contribution in [3.8, 4) is 5.69 Å². The molecule has 0 fully saturated rings. The van der Waals surface area contributed by atoms with E-state index < -0.39 is 11.7 Å². The van der Waals surface area contributed by atoms with Gasteiger partial charge < -0.3 is 0 Å². The number of alkyl halides is 4. The lowest BCUT2D eigenvalue weighted by Crippen LogP contribution is -2.12. The fourth-order valence-electron chi connectivity index (χ4n) is 1.53. The van der Waals surface area contributed by atoms with Crippen LogP contribution >= 0.6 is 15.9 Å². The molecular weight excluding hydrogens is 311 g/mol. The Morgan fingerprint density at radius 2 is 1.89 bits per heavy atom.